The number of hydrogen-bond acceptors (Lipinski definition) is 7. The molecule has 0 fully saturated rings. The highest BCUT2D eigenvalue weighted by Crippen LogP contribution is 2.43. The number of phosphoric acid groups is 1. The number of ether oxygens (including phenoxy) is 2. The molecule has 78 heavy (non-hydrogen) atoms. The van der Waals surface area contributed by atoms with Crippen LogP contribution >= 0.6 is 7.82 Å². The van der Waals surface area contributed by atoms with E-state index in [9.17, 15) is 19.0 Å². The molecule has 0 heterocycles. The maximum absolute atomic E-state index is 12.8. The molecule has 0 bridgehead atoms. The van der Waals surface area contributed by atoms with Crippen molar-refractivity contribution in [3.8, 4) is 0 Å². The third-order valence-corrected chi connectivity index (χ3v) is 14.9. The minimum atomic E-state index is -4.39. The standard InChI is InChI=1S/C68H122NO8P/c1-6-8-10-12-14-16-18-20-22-23-24-25-26-27-28-29-30-31-32-33-34-35-36-37-38-39-40-41-42-43-44-45-47-49-51-53-55-57-59-61-68(71)77-66(65-76-78(72,73)75-63-62-69(3,4)5)64-74-67(70)60-58-56-54-52-50-48-46-21-19-17-15-13-11-9-7-2/h8,10,14-17,20-22,24-25,27-28,46,66H,6-7,9,11-13,18-19,23,26,29-45,47-65H2,1-5H3/p+1/b10-8-,16-14-,17-15-,22-20-,25-24-,28-27-,46-21-. The van der Waals surface area contributed by atoms with E-state index < -0.39 is 26.5 Å². The fourth-order valence-electron chi connectivity index (χ4n) is 8.96. The molecule has 0 rings (SSSR count). The van der Waals surface area contributed by atoms with Gasteiger partial charge in [-0.05, 0) is 89.9 Å². The van der Waals surface area contributed by atoms with Crippen LogP contribution in [-0.4, -0.2) is 74.9 Å². The van der Waals surface area contributed by atoms with E-state index in [4.69, 9.17) is 18.5 Å². The van der Waals surface area contributed by atoms with E-state index in [2.05, 4.69) is 98.9 Å². The number of phosphoric ester groups is 1. The van der Waals surface area contributed by atoms with Crippen LogP contribution in [0.5, 0.6) is 0 Å². The second-order valence-electron chi connectivity index (χ2n) is 22.8. The smallest absolute Gasteiger partial charge is 0.462 e. The first-order valence-corrected chi connectivity index (χ1v) is 33.8. The van der Waals surface area contributed by atoms with E-state index in [0.29, 0.717) is 17.4 Å². The van der Waals surface area contributed by atoms with E-state index in [1.165, 1.54) is 161 Å². The summed E-state index contributed by atoms with van der Waals surface area (Å²) in [6.07, 6.45) is 79.8. The number of likely N-dealkylation sites (N-methyl/N-ethyl adjacent to an activating group) is 1. The zero-order chi connectivity index (χ0) is 57.0. The number of allylic oxidation sites excluding steroid dienone is 14. The zero-order valence-electron chi connectivity index (χ0n) is 51.4. The van der Waals surface area contributed by atoms with Gasteiger partial charge in [0.25, 0.3) is 0 Å². The molecule has 0 aliphatic heterocycles. The van der Waals surface area contributed by atoms with Crippen LogP contribution < -0.4 is 0 Å². The molecule has 0 aromatic heterocycles. The number of hydrogen-bond donors (Lipinski definition) is 1. The summed E-state index contributed by atoms with van der Waals surface area (Å²) in [7, 11) is 1.47. The fourth-order valence-corrected chi connectivity index (χ4v) is 9.70. The minimum absolute atomic E-state index is 0.0287. The quantitative estimate of drug-likeness (QED) is 0.0211. The first kappa shape index (κ1) is 75.2. The van der Waals surface area contributed by atoms with Gasteiger partial charge < -0.3 is 18.9 Å². The topological polar surface area (TPSA) is 108 Å². The molecule has 0 aromatic carbocycles. The number of rotatable bonds is 59. The molecule has 0 aliphatic carbocycles. The summed E-state index contributed by atoms with van der Waals surface area (Å²) < 4.78 is 34.6. The third kappa shape index (κ3) is 62.4. The predicted molar refractivity (Wildman–Crippen MR) is 335 cm³/mol. The summed E-state index contributed by atoms with van der Waals surface area (Å²) in [4.78, 5) is 35.7. The lowest BCUT2D eigenvalue weighted by molar-refractivity contribution is -0.870. The summed E-state index contributed by atoms with van der Waals surface area (Å²) in [5.41, 5.74) is 0. The maximum Gasteiger partial charge on any atom is 0.472 e. The van der Waals surface area contributed by atoms with E-state index >= 15 is 0 Å². The average molecular weight is 1110 g/mol. The van der Waals surface area contributed by atoms with Crippen LogP contribution in [0.1, 0.15) is 284 Å². The van der Waals surface area contributed by atoms with Crippen molar-refractivity contribution in [2.75, 3.05) is 47.5 Å². The second kappa shape index (κ2) is 58.8. The molecule has 0 radical (unpaired) electrons. The van der Waals surface area contributed by atoms with Gasteiger partial charge in [-0.25, -0.2) is 4.57 Å². The largest absolute Gasteiger partial charge is 0.472 e. The van der Waals surface area contributed by atoms with Crippen LogP contribution in [0.2, 0.25) is 0 Å². The monoisotopic (exact) mass is 1110 g/mol. The Balaban J connectivity index is 3.93. The van der Waals surface area contributed by atoms with Crippen molar-refractivity contribution in [2.45, 2.75) is 290 Å². The van der Waals surface area contributed by atoms with Crippen molar-refractivity contribution in [1.82, 2.24) is 0 Å². The van der Waals surface area contributed by atoms with Crippen LogP contribution in [-0.2, 0) is 32.7 Å². The number of unbranched alkanes of at least 4 members (excludes halogenated alkanes) is 31. The van der Waals surface area contributed by atoms with Crippen LogP contribution in [0, 0.1) is 0 Å². The van der Waals surface area contributed by atoms with Gasteiger partial charge in [-0.1, -0.05) is 266 Å². The summed E-state index contributed by atoms with van der Waals surface area (Å²) in [5, 5.41) is 0. The van der Waals surface area contributed by atoms with Gasteiger partial charge in [0, 0.05) is 12.8 Å². The summed E-state index contributed by atoms with van der Waals surface area (Å²) in [6, 6.07) is 0. The molecular formula is C68H123NO8P+. The third-order valence-electron chi connectivity index (χ3n) is 13.9. The van der Waals surface area contributed by atoms with Gasteiger partial charge in [0.05, 0.1) is 27.7 Å². The van der Waals surface area contributed by atoms with Crippen molar-refractivity contribution < 1.29 is 42.1 Å². The van der Waals surface area contributed by atoms with Gasteiger partial charge in [-0.3, -0.25) is 18.6 Å². The normalized spacial score (nSPS) is 13.8. The van der Waals surface area contributed by atoms with Gasteiger partial charge in [-0.2, -0.15) is 0 Å². The summed E-state index contributed by atoms with van der Waals surface area (Å²) >= 11 is 0. The van der Waals surface area contributed by atoms with E-state index in [0.717, 1.165) is 89.9 Å². The van der Waals surface area contributed by atoms with Gasteiger partial charge in [0.1, 0.15) is 19.8 Å². The molecule has 0 saturated carbocycles. The Kier molecular flexibility index (Phi) is 56.7. The number of carbonyl (C=O) groups excluding carboxylic acids is 2. The Labute approximate surface area is 481 Å². The molecular weight excluding hydrogens is 990 g/mol. The number of carbonyl (C=O) groups is 2. The molecule has 0 spiro atoms. The van der Waals surface area contributed by atoms with Crippen molar-refractivity contribution >= 4 is 19.8 Å². The minimum Gasteiger partial charge on any atom is -0.462 e. The van der Waals surface area contributed by atoms with Crippen LogP contribution in [0.3, 0.4) is 0 Å². The predicted octanol–water partition coefficient (Wildman–Crippen LogP) is 20.6. The lowest BCUT2D eigenvalue weighted by atomic mass is 10.0. The second-order valence-corrected chi connectivity index (χ2v) is 24.2. The molecule has 9 nitrogen and oxygen atoms in total. The molecule has 2 unspecified atom stereocenters. The highest BCUT2D eigenvalue weighted by molar-refractivity contribution is 7.47. The lowest BCUT2D eigenvalue weighted by Crippen LogP contribution is -2.37. The Morgan fingerprint density at radius 2 is 0.731 bits per heavy atom. The lowest BCUT2D eigenvalue weighted by Gasteiger charge is -2.24. The first-order valence-electron chi connectivity index (χ1n) is 32.3. The summed E-state index contributed by atoms with van der Waals surface area (Å²) in [6.45, 7) is 4.30. The average Bonchev–Trinajstić information content (AvgIpc) is 3.41. The van der Waals surface area contributed by atoms with Crippen molar-refractivity contribution in [1.29, 1.82) is 0 Å². The Morgan fingerprint density at radius 3 is 1.09 bits per heavy atom. The maximum atomic E-state index is 12.8. The molecule has 0 amide bonds. The number of nitrogens with zero attached hydrogens (tertiary/aromatic N) is 1. The molecule has 1 N–H and O–H groups in total. The highest BCUT2D eigenvalue weighted by Gasteiger charge is 2.27. The fraction of sp³-hybridized carbons (Fsp3) is 0.765. The van der Waals surface area contributed by atoms with Crippen LogP contribution in [0.25, 0.3) is 0 Å². The highest BCUT2D eigenvalue weighted by atomic mass is 31.2. The van der Waals surface area contributed by atoms with Crippen LogP contribution in [0.15, 0.2) is 85.1 Å². The van der Waals surface area contributed by atoms with Crippen molar-refractivity contribution in [3.63, 3.8) is 0 Å². The number of esters is 2. The Bertz CT molecular complexity index is 1590. The first-order chi connectivity index (χ1) is 38.0. The molecule has 2 atom stereocenters. The van der Waals surface area contributed by atoms with Gasteiger partial charge in [0.2, 0.25) is 0 Å². The molecule has 10 heteroatoms. The molecule has 0 saturated heterocycles. The van der Waals surface area contributed by atoms with E-state index in [1.54, 1.807) is 0 Å². The van der Waals surface area contributed by atoms with E-state index in [1.807, 2.05) is 21.1 Å². The van der Waals surface area contributed by atoms with Gasteiger partial charge in [-0.15, -0.1) is 0 Å². The SMILES string of the molecule is CC/C=C\C/C=C\C/C=C\C/C=C\C/C=C\CCCCCCCCCCCCCCCCCCCCCCCCCC(=O)OC(COC(=O)CCCCCCC/C=C\C/C=C\CCCCC)COP(=O)(O)OCC[N+](C)(C)C. The Morgan fingerprint density at radius 1 is 0.410 bits per heavy atom. The van der Waals surface area contributed by atoms with Crippen LogP contribution in [0.4, 0.5) is 0 Å². The summed E-state index contributed by atoms with van der Waals surface area (Å²) in [5.74, 6) is -0.806. The van der Waals surface area contributed by atoms with Gasteiger partial charge >= 0.3 is 19.8 Å². The molecule has 452 valence electrons. The molecule has 0 aromatic rings. The Hall–Kier alpha value is -2.81. The number of quaternary nitrogens is 1. The molecule has 0 aliphatic rings. The van der Waals surface area contributed by atoms with Crippen molar-refractivity contribution in [3.05, 3.63) is 85.1 Å². The zero-order valence-corrected chi connectivity index (χ0v) is 52.3. The van der Waals surface area contributed by atoms with Crippen molar-refractivity contribution in [2.24, 2.45) is 0 Å². The van der Waals surface area contributed by atoms with Gasteiger partial charge in [0.15, 0.2) is 6.10 Å². The van der Waals surface area contributed by atoms with E-state index in [-0.39, 0.29) is 32.0 Å².